The van der Waals surface area contributed by atoms with Crippen molar-refractivity contribution in [3.63, 3.8) is 0 Å². The Morgan fingerprint density at radius 2 is 2.33 bits per heavy atom. The molecule has 52 valence electrons. The maximum atomic E-state index is 3.56. The summed E-state index contributed by atoms with van der Waals surface area (Å²) in [6.45, 7) is 3.59. The van der Waals surface area contributed by atoms with Crippen molar-refractivity contribution in [1.82, 2.24) is 5.32 Å². The topological polar surface area (TPSA) is 12.0 Å². The van der Waals surface area contributed by atoms with Crippen LogP contribution in [-0.2, 0) is 0 Å². The average Bonchev–Trinajstić information content (AvgIpc) is 2.44. The van der Waals surface area contributed by atoms with Crippen molar-refractivity contribution in [3.8, 4) is 0 Å². The van der Waals surface area contributed by atoms with E-state index in [1.807, 2.05) is 0 Å². The number of hydrogen-bond donors (Lipinski definition) is 1. The van der Waals surface area contributed by atoms with Crippen LogP contribution in [0.25, 0.3) is 0 Å². The van der Waals surface area contributed by atoms with Gasteiger partial charge in [-0.3, -0.25) is 0 Å². The summed E-state index contributed by atoms with van der Waals surface area (Å²) >= 11 is 0. The molecule has 0 radical (unpaired) electrons. The van der Waals surface area contributed by atoms with Gasteiger partial charge < -0.3 is 5.32 Å². The van der Waals surface area contributed by atoms with Crippen LogP contribution in [0.1, 0.15) is 32.6 Å². The fourth-order valence-corrected chi connectivity index (χ4v) is 1.87. The zero-order chi connectivity index (χ0) is 6.32. The van der Waals surface area contributed by atoms with Crippen LogP contribution in [0.3, 0.4) is 0 Å². The van der Waals surface area contributed by atoms with Gasteiger partial charge in [-0.25, -0.2) is 0 Å². The summed E-state index contributed by atoms with van der Waals surface area (Å²) in [5.41, 5.74) is 0.806. The summed E-state index contributed by atoms with van der Waals surface area (Å²) in [5.74, 6) is 0. The van der Waals surface area contributed by atoms with Crippen molar-refractivity contribution < 1.29 is 0 Å². The Labute approximate surface area is 56.8 Å². The summed E-state index contributed by atoms with van der Waals surface area (Å²) in [4.78, 5) is 0. The molecular formula is C8H15N. The van der Waals surface area contributed by atoms with E-state index < -0.39 is 0 Å². The molecule has 1 N–H and O–H groups in total. The molecule has 0 bridgehead atoms. The lowest BCUT2D eigenvalue weighted by Crippen LogP contribution is -2.19. The van der Waals surface area contributed by atoms with Crippen LogP contribution in [0.5, 0.6) is 0 Å². The smallest absolute Gasteiger partial charge is 0.00704 e. The molecule has 0 amide bonds. The van der Waals surface area contributed by atoms with E-state index in [4.69, 9.17) is 0 Å². The molecule has 1 aliphatic heterocycles. The van der Waals surface area contributed by atoms with E-state index in [0.29, 0.717) is 0 Å². The van der Waals surface area contributed by atoms with Gasteiger partial charge in [0.1, 0.15) is 0 Å². The molecule has 2 rings (SSSR count). The molecule has 0 aromatic carbocycles. The molecule has 1 saturated heterocycles. The van der Waals surface area contributed by atoms with Crippen LogP contribution in [0.2, 0.25) is 0 Å². The van der Waals surface area contributed by atoms with Gasteiger partial charge >= 0.3 is 0 Å². The third kappa shape index (κ3) is 0.877. The first kappa shape index (κ1) is 5.72. The molecule has 2 fully saturated rings. The SMILES string of the molecule is CC[C@@H]1CC2(CC2)CN1. The molecule has 1 heterocycles. The molecule has 0 aromatic rings. The van der Waals surface area contributed by atoms with Gasteiger partial charge in [0.05, 0.1) is 0 Å². The lowest BCUT2D eigenvalue weighted by molar-refractivity contribution is 0.533. The average molecular weight is 125 g/mol. The number of hydrogen-bond acceptors (Lipinski definition) is 1. The van der Waals surface area contributed by atoms with Gasteiger partial charge in [0, 0.05) is 12.6 Å². The number of rotatable bonds is 1. The van der Waals surface area contributed by atoms with Crippen LogP contribution in [0.15, 0.2) is 0 Å². The number of nitrogens with one attached hydrogen (secondary N) is 1. The minimum Gasteiger partial charge on any atom is -0.313 e. The van der Waals surface area contributed by atoms with Crippen LogP contribution in [-0.4, -0.2) is 12.6 Å². The Hall–Kier alpha value is -0.0400. The van der Waals surface area contributed by atoms with Crippen molar-refractivity contribution in [2.75, 3.05) is 6.54 Å². The highest BCUT2D eigenvalue weighted by Crippen LogP contribution is 2.52. The summed E-state index contributed by atoms with van der Waals surface area (Å²) < 4.78 is 0. The van der Waals surface area contributed by atoms with Gasteiger partial charge in [-0.05, 0) is 31.1 Å². The van der Waals surface area contributed by atoms with Gasteiger partial charge in [-0.1, -0.05) is 6.92 Å². The Balaban J connectivity index is 1.93. The van der Waals surface area contributed by atoms with E-state index in [1.54, 1.807) is 0 Å². The first-order chi connectivity index (χ1) is 4.35. The van der Waals surface area contributed by atoms with Crippen LogP contribution >= 0.6 is 0 Å². The molecule has 1 atom stereocenters. The van der Waals surface area contributed by atoms with Crippen molar-refractivity contribution in [2.45, 2.75) is 38.6 Å². The van der Waals surface area contributed by atoms with Crippen molar-refractivity contribution >= 4 is 0 Å². The Morgan fingerprint density at radius 1 is 1.56 bits per heavy atom. The van der Waals surface area contributed by atoms with Crippen molar-refractivity contribution in [1.29, 1.82) is 0 Å². The Kier molecular flexibility index (Phi) is 1.10. The zero-order valence-corrected chi connectivity index (χ0v) is 6.11. The molecule has 1 aliphatic carbocycles. The minimum absolute atomic E-state index is 0.806. The third-order valence-corrected chi connectivity index (χ3v) is 2.90. The predicted molar refractivity (Wildman–Crippen MR) is 38.4 cm³/mol. The predicted octanol–water partition coefficient (Wildman–Crippen LogP) is 1.54. The monoisotopic (exact) mass is 125 g/mol. The van der Waals surface area contributed by atoms with Gasteiger partial charge in [0.25, 0.3) is 0 Å². The Bertz CT molecular complexity index is 116. The van der Waals surface area contributed by atoms with Crippen LogP contribution in [0.4, 0.5) is 0 Å². The summed E-state index contributed by atoms with van der Waals surface area (Å²) in [6, 6.07) is 0.854. The molecule has 1 spiro atoms. The molecule has 0 unspecified atom stereocenters. The van der Waals surface area contributed by atoms with Gasteiger partial charge in [-0.2, -0.15) is 0 Å². The highest BCUT2D eigenvalue weighted by Gasteiger charge is 2.47. The maximum Gasteiger partial charge on any atom is 0.00704 e. The van der Waals surface area contributed by atoms with Crippen molar-refractivity contribution in [3.05, 3.63) is 0 Å². The molecule has 1 heteroatoms. The first-order valence-corrected chi connectivity index (χ1v) is 4.08. The molecular weight excluding hydrogens is 110 g/mol. The van der Waals surface area contributed by atoms with E-state index in [-0.39, 0.29) is 0 Å². The zero-order valence-electron chi connectivity index (χ0n) is 6.11. The van der Waals surface area contributed by atoms with E-state index in [0.717, 1.165) is 11.5 Å². The van der Waals surface area contributed by atoms with Gasteiger partial charge in [0.15, 0.2) is 0 Å². The second-order valence-electron chi connectivity index (χ2n) is 3.69. The second kappa shape index (κ2) is 1.72. The van der Waals surface area contributed by atoms with E-state index >= 15 is 0 Å². The quantitative estimate of drug-likeness (QED) is 0.560. The third-order valence-electron chi connectivity index (χ3n) is 2.90. The van der Waals surface area contributed by atoms with E-state index in [1.165, 1.54) is 32.2 Å². The molecule has 1 saturated carbocycles. The summed E-state index contributed by atoms with van der Waals surface area (Å²) in [7, 11) is 0. The fourth-order valence-electron chi connectivity index (χ4n) is 1.87. The highest BCUT2D eigenvalue weighted by molar-refractivity contribution is 5.02. The molecule has 1 nitrogen and oxygen atoms in total. The minimum atomic E-state index is 0.806. The van der Waals surface area contributed by atoms with E-state index in [9.17, 15) is 0 Å². The fraction of sp³-hybridized carbons (Fsp3) is 1.00. The maximum absolute atomic E-state index is 3.56. The highest BCUT2D eigenvalue weighted by atomic mass is 15.0. The van der Waals surface area contributed by atoms with Crippen LogP contribution < -0.4 is 5.32 Å². The Morgan fingerprint density at radius 3 is 2.67 bits per heavy atom. The lowest BCUT2D eigenvalue weighted by atomic mass is 10.0. The standard InChI is InChI=1S/C8H15N/c1-2-7-5-8(3-4-8)6-9-7/h7,9H,2-6H2,1H3/t7-/m1/s1. The van der Waals surface area contributed by atoms with Crippen LogP contribution in [0, 0.1) is 5.41 Å². The first-order valence-electron chi connectivity index (χ1n) is 4.08. The largest absolute Gasteiger partial charge is 0.313 e. The van der Waals surface area contributed by atoms with Gasteiger partial charge in [-0.15, -0.1) is 0 Å². The summed E-state index contributed by atoms with van der Waals surface area (Å²) in [6.07, 6.45) is 5.78. The molecule has 0 aromatic heterocycles. The molecule has 2 aliphatic rings. The van der Waals surface area contributed by atoms with Crippen molar-refractivity contribution in [2.24, 2.45) is 5.41 Å². The molecule has 9 heavy (non-hydrogen) atoms. The van der Waals surface area contributed by atoms with Gasteiger partial charge in [0.2, 0.25) is 0 Å². The normalized spacial score (nSPS) is 37.7. The van der Waals surface area contributed by atoms with E-state index in [2.05, 4.69) is 12.2 Å². The second-order valence-corrected chi connectivity index (χ2v) is 3.69. The summed E-state index contributed by atoms with van der Waals surface area (Å²) in [5, 5.41) is 3.56. The lowest BCUT2D eigenvalue weighted by Gasteiger charge is -2.03.